The molecule has 35 heteroatoms. The zero-order chi connectivity index (χ0) is 74.5. The summed E-state index contributed by atoms with van der Waals surface area (Å²) in [5.41, 5.74) is 23.6. The number of phenols is 3. The molecule has 11 atom stereocenters. The zero-order valence-corrected chi connectivity index (χ0v) is 55.9. The number of phenolic OH excluding ortho intramolecular Hbond substituents is 3. The van der Waals surface area contributed by atoms with Gasteiger partial charge >= 0.3 is 11.9 Å². The van der Waals surface area contributed by atoms with E-state index in [1.807, 2.05) is 13.8 Å². The molecule has 0 spiro atoms. The van der Waals surface area contributed by atoms with E-state index in [-0.39, 0.29) is 104 Å². The third kappa shape index (κ3) is 27.7. The molecule has 11 amide bonds. The first-order chi connectivity index (χ1) is 47.2. The summed E-state index contributed by atoms with van der Waals surface area (Å²) < 4.78 is 0. The lowest BCUT2D eigenvalue weighted by Gasteiger charge is -2.30. The Hall–Kier alpha value is -10.7. The number of hydrogen-bond acceptors (Lipinski definition) is 20. The fourth-order valence-electron chi connectivity index (χ4n) is 10.6. The first kappa shape index (κ1) is 81.7. The molecule has 0 aromatic heterocycles. The molecular weight excluding hydrogens is 1310 g/mol. The zero-order valence-electron chi connectivity index (χ0n) is 55.9. The second-order valence-corrected chi connectivity index (χ2v) is 25.0. The quantitative estimate of drug-likeness (QED) is 0.0145. The number of benzene rings is 3. The Balaban J connectivity index is 1.61. The Labute approximate surface area is 575 Å². The fourth-order valence-corrected chi connectivity index (χ4v) is 10.6. The van der Waals surface area contributed by atoms with Gasteiger partial charge in [0.05, 0.1) is 25.7 Å². The first-order valence-corrected chi connectivity index (χ1v) is 32.3. The lowest BCUT2D eigenvalue weighted by Crippen LogP contribution is -2.61. The summed E-state index contributed by atoms with van der Waals surface area (Å²) in [7, 11) is 0. The average molecular weight is 1400 g/mol. The summed E-state index contributed by atoms with van der Waals surface area (Å²) >= 11 is 0. The SMILES string of the molecule is CC(C)C[C@H](NC(=O)[C@H](CC(N)=O)NC(=O)[C@H](CCC(=O)O)NC(=O)[C@H](Cc1ccc(O)cc1)NC(=O)[C@H](Cc1ccc(O)cc1)NC(=O)[C@H](CO)NC(=O)[C@@H]1CCCN1C(=O)[C@H](CO)NC(=O)[C@H](CCCN=C(N)N)NC(=O)[C@H](Cc1ccc(O)cc1)NC(=O)[C@@H](N)CC(C)C)C(=O)O. The highest BCUT2D eigenvalue weighted by Gasteiger charge is 2.41. The van der Waals surface area contributed by atoms with Gasteiger partial charge in [-0.05, 0) is 110 Å². The highest BCUT2D eigenvalue weighted by Crippen LogP contribution is 2.21. The van der Waals surface area contributed by atoms with Crippen LogP contribution in [0.4, 0.5) is 0 Å². The Morgan fingerprint density at radius 3 is 1.28 bits per heavy atom. The molecule has 548 valence electrons. The topological polar surface area (TPSA) is 591 Å². The van der Waals surface area contributed by atoms with Crippen molar-refractivity contribution < 1.29 is 98.1 Å². The van der Waals surface area contributed by atoms with Crippen LogP contribution in [0.25, 0.3) is 0 Å². The van der Waals surface area contributed by atoms with E-state index in [9.17, 15) is 98.1 Å². The van der Waals surface area contributed by atoms with Crippen LogP contribution in [0.3, 0.4) is 0 Å². The molecule has 24 N–H and O–H groups in total. The van der Waals surface area contributed by atoms with Gasteiger partial charge in [-0.2, -0.15) is 0 Å². The number of carboxylic acid groups (broad SMARTS) is 2. The van der Waals surface area contributed by atoms with Crippen LogP contribution in [0.5, 0.6) is 17.2 Å². The second kappa shape index (κ2) is 40.3. The standard InChI is InChI=1S/C65H93N15O20/c1-33(2)25-41(66)54(89)73-44(27-35-9-15-38(83)16-10-35)57(92)71-42(7-5-23-70-65(68)69)55(90)79-50(32-82)63(98)80-24-6-8-51(80)62(97)78-49(31-81)61(96)75-46(29-37-13-19-40(85)20-14-37)59(94)74-45(28-36-11-17-39(84)18-12-36)58(93)72-43(21-22-53(87)88)56(91)76-47(30-52(67)86)60(95)77-48(64(99)100)26-34(3)4/h9-20,33-34,41-51,81-85H,5-8,21-32,66H2,1-4H3,(H2,67,86)(H,71,92)(H,72,93)(H,73,89)(H,74,94)(H,75,96)(H,76,91)(H,77,95)(H,78,97)(H,79,90)(H,87,88)(H,99,100)(H4,68,69,70)/t41-,42-,43-,44-,45-,46-,47-,48-,49-,50-,51-/m0/s1. The number of rotatable bonds is 41. The molecule has 3 aromatic carbocycles. The minimum atomic E-state index is -1.89. The molecule has 1 heterocycles. The van der Waals surface area contributed by atoms with E-state index in [2.05, 4.69) is 52.8 Å². The number of nitrogens with zero attached hydrogens (tertiary/aromatic N) is 2. The Morgan fingerprint density at radius 1 is 0.490 bits per heavy atom. The minimum absolute atomic E-state index is 0.00329. The molecule has 1 aliphatic heterocycles. The molecule has 3 aromatic rings. The second-order valence-electron chi connectivity index (χ2n) is 25.0. The number of likely N-dealkylation sites (tertiary alicyclic amines) is 1. The molecule has 0 bridgehead atoms. The number of nitrogens with two attached hydrogens (primary N) is 4. The predicted molar refractivity (Wildman–Crippen MR) is 357 cm³/mol. The van der Waals surface area contributed by atoms with Crippen molar-refractivity contribution in [3.8, 4) is 17.2 Å². The predicted octanol–water partition coefficient (Wildman–Crippen LogP) is -4.53. The van der Waals surface area contributed by atoms with Crippen molar-refractivity contribution in [1.82, 2.24) is 52.8 Å². The fraction of sp³-hybridized carbons (Fsp3) is 0.508. The number of primary amides is 1. The summed E-state index contributed by atoms with van der Waals surface area (Å²) in [5.74, 6) is -15.5. The van der Waals surface area contributed by atoms with E-state index in [4.69, 9.17) is 22.9 Å². The van der Waals surface area contributed by atoms with Crippen molar-refractivity contribution in [1.29, 1.82) is 0 Å². The molecule has 1 saturated heterocycles. The van der Waals surface area contributed by atoms with Gasteiger partial charge in [0, 0.05) is 38.8 Å². The number of carbonyl (C=O) groups excluding carboxylic acids is 11. The van der Waals surface area contributed by atoms with E-state index < -0.39 is 189 Å². The van der Waals surface area contributed by atoms with Crippen LogP contribution in [0, 0.1) is 11.8 Å². The van der Waals surface area contributed by atoms with Crippen molar-refractivity contribution >= 4 is 82.9 Å². The summed E-state index contributed by atoms with van der Waals surface area (Å²) in [4.78, 5) is 182. The average Bonchev–Trinajstić information content (AvgIpc) is 1.59. The van der Waals surface area contributed by atoms with E-state index in [0.29, 0.717) is 5.56 Å². The van der Waals surface area contributed by atoms with E-state index in [1.54, 1.807) is 13.8 Å². The summed E-state index contributed by atoms with van der Waals surface area (Å²) in [6.45, 7) is 4.71. The van der Waals surface area contributed by atoms with Gasteiger partial charge in [-0.25, -0.2) is 4.79 Å². The summed E-state index contributed by atoms with van der Waals surface area (Å²) in [6.07, 6.45) is -3.10. The number of carbonyl (C=O) groups is 13. The van der Waals surface area contributed by atoms with Gasteiger partial charge in [0.2, 0.25) is 65.0 Å². The Kier molecular flexibility index (Phi) is 32.9. The van der Waals surface area contributed by atoms with Crippen molar-refractivity contribution in [2.75, 3.05) is 26.3 Å². The number of nitrogens with one attached hydrogen (secondary N) is 9. The Morgan fingerprint density at radius 2 is 0.870 bits per heavy atom. The van der Waals surface area contributed by atoms with Gasteiger partial charge in [-0.3, -0.25) is 62.5 Å². The number of guanidine groups is 1. The van der Waals surface area contributed by atoms with Crippen LogP contribution in [0.1, 0.15) is 102 Å². The smallest absolute Gasteiger partial charge is 0.326 e. The normalized spacial score (nSPS) is 15.7. The number of aromatic hydroxyl groups is 3. The molecular formula is C65H93N15O20. The molecule has 0 radical (unpaired) electrons. The molecule has 0 saturated carbocycles. The van der Waals surface area contributed by atoms with Crippen LogP contribution in [-0.2, 0) is 81.6 Å². The minimum Gasteiger partial charge on any atom is -0.508 e. The van der Waals surface area contributed by atoms with Gasteiger partial charge < -0.3 is 111 Å². The van der Waals surface area contributed by atoms with Crippen LogP contribution in [0.15, 0.2) is 77.8 Å². The number of aliphatic carboxylic acids is 2. The third-order valence-corrected chi connectivity index (χ3v) is 15.8. The largest absolute Gasteiger partial charge is 0.508 e. The highest BCUT2D eigenvalue weighted by atomic mass is 16.4. The maximum Gasteiger partial charge on any atom is 0.326 e. The van der Waals surface area contributed by atoms with Crippen LogP contribution >= 0.6 is 0 Å². The van der Waals surface area contributed by atoms with Gasteiger partial charge in [0.25, 0.3) is 0 Å². The van der Waals surface area contributed by atoms with Crippen LogP contribution < -0.4 is 70.8 Å². The number of amides is 11. The molecule has 100 heavy (non-hydrogen) atoms. The van der Waals surface area contributed by atoms with Crippen molar-refractivity contribution in [3.63, 3.8) is 0 Å². The van der Waals surface area contributed by atoms with E-state index in [1.165, 1.54) is 72.8 Å². The first-order valence-electron chi connectivity index (χ1n) is 32.3. The number of hydrogen-bond donors (Lipinski definition) is 20. The highest BCUT2D eigenvalue weighted by molar-refractivity contribution is 6.00. The van der Waals surface area contributed by atoms with Gasteiger partial charge in [-0.15, -0.1) is 0 Å². The number of carboxylic acids is 2. The lowest BCUT2D eigenvalue weighted by atomic mass is 10.0. The Bertz CT molecular complexity index is 3350. The molecule has 0 aliphatic carbocycles. The number of aliphatic hydroxyl groups excluding tert-OH is 2. The maximum atomic E-state index is 14.7. The van der Waals surface area contributed by atoms with Crippen molar-refractivity contribution in [2.24, 2.45) is 39.8 Å². The van der Waals surface area contributed by atoms with Gasteiger partial charge in [0.1, 0.15) is 77.7 Å². The number of aliphatic imine (C=N–C) groups is 1. The van der Waals surface area contributed by atoms with Crippen LogP contribution in [-0.4, -0.2) is 216 Å². The molecule has 0 unspecified atom stereocenters. The molecule has 4 rings (SSSR count). The molecule has 1 fully saturated rings. The molecule has 35 nitrogen and oxygen atoms in total. The van der Waals surface area contributed by atoms with E-state index in [0.717, 1.165) is 4.90 Å². The summed E-state index contributed by atoms with van der Waals surface area (Å²) in [6, 6.07) is -1.35. The maximum absolute atomic E-state index is 14.7. The third-order valence-electron chi connectivity index (χ3n) is 15.8. The van der Waals surface area contributed by atoms with E-state index >= 15 is 0 Å². The lowest BCUT2D eigenvalue weighted by molar-refractivity contribution is -0.143. The number of aliphatic hydroxyl groups is 2. The summed E-state index contributed by atoms with van der Waals surface area (Å²) in [5, 5.41) is 92.6. The van der Waals surface area contributed by atoms with Crippen molar-refractivity contribution in [3.05, 3.63) is 89.5 Å². The van der Waals surface area contributed by atoms with Crippen molar-refractivity contribution in [2.45, 2.75) is 171 Å². The van der Waals surface area contributed by atoms with Gasteiger partial charge in [0.15, 0.2) is 5.96 Å². The van der Waals surface area contributed by atoms with Crippen LogP contribution in [0.2, 0.25) is 0 Å². The van der Waals surface area contributed by atoms with Gasteiger partial charge in [-0.1, -0.05) is 64.1 Å². The monoisotopic (exact) mass is 1400 g/mol. The molecule has 1 aliphatic rings.